The summed E-state index contributed by atoms with van der Waals surface area (Å²) in [4.78, 5) is 18.0. The van der Waals surface area contributed by atoms with Crippen molar-refractivity contribution in [1.82, 2.24) is 9.88 Å². The molecule has 0 aromatic carbocycles. The van der Waals surface area contributed by atoms with E-state index in [1.165, 1.54) is 0 Å². The molecule has 5 nitrogen and oxygen atoms in total. The smallest absolute Gasteiger partial charge is 0.410 e. The third-order valence-electron chi connectivity index (χ3n) is 3.48. The maximum absolute atomic E-state index is 12.1. The zero-order valence-corrected chi connectivity index (χ0v) is 14.2. The van der Waals surface area contributed by atoms with Gasteiger partial charge >= 0.3 is 6.09 Å². The van der Waals surface area contributed by atoms with Gasteiger partial charge in [0.2, 0.25) is 0 Å². The van der Waals surface area contributed by atoms with Crippen LogP contribution in [0.25, 0.3) is 0 Å². The SMILES string of the molecule is CC(C)(C)OC(=O)N1CCCC(Nc2ccc(Cl)nc2)CC1. The predicted octanol–water partition coefficient (Wildman–Crippen LogP) is 3.94. The van der Waals surface area contributed by atoms with Crippen molar-refractivity contribution in [2.24, 2.45) is 0 Å². The molecule has 2 heterocycles. The molecule has 2 rings (SSSR count). The van der Waals surface area contributed by atoms with Gasteiger partial charge in [-0.3, -0.25) is 0 Å². The van der Waals surface area contributed by atoms with Crippen LogP contribution in [0, 0.1) is 0 Å². The Morgan fingerprint density at radius 1 is 1.36 bits per heavy atom. The molecule has 0 bridgehead atoms. The quantitative estimate of drug-likeness (QED) is 0.837. The Bertz CT molecular complexity index is 499. The lowest BCUT2D eigenvalue weighted by Crippen LogP contribution is -2.37. The first kappa shape index (κ1) is 16.9. The fourth-order valence-electron chi connectivity index (χ4n) is 2.45. The van der Waals surface area contributed by atoms with Crippen LogP contribution in [-0.4, -0.2) is 40.7 Å². The summed E-state index contributed by atoms with van der Waals surface area (Å²) in [5.41, 5.74) is 0.510. The van der Waals surface area contributed by atoms with Crippen LogP contribution < -0.4 is 5.32 Å². The Labute approximate surface area is 137 Å². The fourth-order valence-corrected chi connectivity index (χ4v) is 2.56. The van der Waals surface area contributed by atoms with Gasteiger partial charge in [-0.2, -0.15) is 0 Å². The molecule has 6 heteroatoms. The molecule has 22 heavy (non-hydrogen) atoms. The van der Waals surface area contributed by atoms with Crippen molar-refractivity contribution in [3.05, 3.63) is 23.5 Å². The second-order valence-electron chi connectivity index (χ2n) is 6.61. The number of hydrogen-bond acceptors (Lipinski definition) is 4. The van der Waals surface area contributed by atoms with Crippen LogP contribution in [0.1, 0.15) is 40.0 Å². The Morgan fingerprint density at radius 3 is 2.77 bits per heavy atom. The number of halogens is 1. The standard InChI is InChI=1S/C16H24ClN3O2/c1-16(2,3)22-15(21)20-9-4-5-12(8-10-20)19-13-6-7-14(17)18-11-13/h6-7,11-12,19H,4-5,8-10H2,1-3H3. The molecule has 1 atom stereocenters. The number of likely N-dealkylation sites (tertiary alicyclic amines) is 1. The zero-order chi connectivity index (χ0) is 16.2. The van der Waals surface area contributed by atoms with Crippen molar-refractivity contribution < 1.29 is 9.53 Å². The molecule has 1 aliphatic rings. The second kappa shape index (κ2) is 7.18. The molecule has 0 aliphatic carbocycles. The average Bonchev–Trinajstić information content (AvgIpc) is 2.65. The Hall–Kier alpha value is -1.49. The molecule has 0 radical (unpaired) electrons. The Morgan fingerprint density at radius 2 is 2.14 bits per heavy atom. The summed E-state index contributed by atoms with van der Waals surface area (Å²) in [6, 6.07) is 4.02. The van der Waals surface area contributed by atoms with E-state index in [0.717, 1.165) is 31.5 Å². The summed E-state index contributed by atoms with van der Waals surface area (Å²) in [6.07, 6.45) is 4.38. The van der Waals surface area contributed by atoms with E-state index in [0.29, 0.717) is 17.7 Å². The highest BCUT2D eigenvalue weighted by Gasteiger charge is 2.25. The first-order valence-corrected chi connectivity index (χ1v) is 8.07. The van der Waals surface area contributed by atoms with Crippen molar-refractivity contribution in [2.75, 3.05) is 18.4 Å². The molecule has 1 aliphatic heterocycles. The molecular formula is C16H24ClN3O2. The summed E-state index contributed by atoms with van der Waals surface area (Å²) >= 11 is 5.79. The lowest BCUT2D eigenvalue weighted by atomic mass is 10.1. The van der Waals surface area contributed by atoms with Crippen LogP contribution >= 0.6 is 11.6 Å². The molecule has 1 fully saturated rings. The lowest BCUT2D eigenvalue weighted by molar-refractivity contribution is 0.0256. The molecule has 122 valence electrons. The lowest BCUT2D eigenvalue weighted by Gasteiger charge is -2.26. The van der Waals surface area contributed by atoms with E-state index < -0.39 is 5.60 Å². The first-order chi connectivity index (χ1) is 10.3. The maximum Gasteiger partial charge on any atom is 0.410 e. The van der Waals surface area contributed by atoms with Gasteiger partial charge in [-0.05, 0) is 52.2 Å². The number of nitrogens with one attached hydrogen (secondary N) is 1. The van der Waals surface area contributed by atoms with E-state index in [1.54, 1.807) is 17.2 Å². The van der Waals surface area contributed by atoms with Gasteiger partial charge in [0.25, 0.3) is 0 Å². The van der Waals surface area contributed by atoms with E-state index >= 15 is 0 Å². The molecule has 1 unspecified atom stereocenters. The highest BCUT2D eigenvalue weighted by atomic mass is 35.5. The number of rotatable bonds is 2. The van der Waals surface area contributed by atoms with E-state index in [9.17, 15) is 4.79 Å². The summed E-state index contributed by atoms with van der Waals surface area (Å²) in [5.74, 6) is 0. The topological polar surface area (TPSA) is 54.5 Å². The number of ether oxygens (including phenoxy) is 1. The largest absolute Gasteiger partial charge is 0.444 e. The van der Waals surface area contributed by atoms with Gasteiger partial charge in [-0.25, -0.2) is 9.78 Å². The highest BCUT2D eigenvalue weighted by molar-refractivity contribution is 6.29. The van der Waals surface area contributed by atoms with Crippen molar-refractivity contribution in [3.8, 4) is 0 Å². The molecule has 0 saturated carbocycles. The van der Waals surface area contributed by atoms with Crippen LogP contribution in [0.15, 0.2) is 18.3 Å². The van der Waals surface area contributed by atoms with Gasteiger partial charge in [0.1, 0.15) is 10.8 Å². The van der Waals surface area contributed by atoms with Gasteiger partial charge in [0, 0.05) is 19.1 Å². The monoisotopic (exact) mass is 325 g/mol. The number of nitrogens with zero attached hydrogens (tertiary/aromatic N) is 2. The summed E-state index contributed by atoms with van der Waals surface area (Å²) in [7, 11) is 0. The molecule has 1 N–H and O–H groups in total. The van der Waals surface area contributed by atoms with E-state index in [-0.39, 0.29) is 6.09 Å². The van der Waals surface area contributed by atoms with E-state index in [1.807, 2.05) is 26.8 Å². The minimum atomic E-state index is -0.448. The van der Waals surface area contributed by atoms with Gasteiger partial charge in [-0.15, -0.1) is 0 Å². The third kappa shape index (κ3) is 5.37. The minimum Gasteiger partial charge on any atom is -0.444 e. The molecule has 1 aromatic rings. The molecule has 0 spiro atoms. The highest BCUT2D eigenvalue weighted by Crippen LogP contribution is 2.19. The average molecular weight is 326 g/mol. The summed E-state index contributed by atoms with van der Waals surface area (Å²) in [6.45, 7) is 7.11. The number of carbonyl (C=O) groups is 1. The number of pyridine rings is 1. The number of hydrogen-bond donors (Lipinski definition) is 1. The van der Waals surface area contributed by atoms with Crippen LogP contribution in [-0.2, 0) is 4.74 Å². The van der Waals surface area contributed by atoms with Crippen molar-refractivity contribution in [1.29, 1.82) is 0 Å². The summed E-state index contributed by atoms with van der Waals surface area (Å²) < 4.78 is 5.44. The number of aromatic nitrogens is 1. The van der Waals surface area contributed by atoms with E-state index in [4.69, 9.17) is 16.3 Å². The Kier molecular flexibility index (Phi) is 5.51. The zero-order valence-electron chi connectivity index (χ0n) is 13.4. The van der Waals surface area contributed by atoms with Crippen molar-refractivity contribution in [2.45, 2.75) is 51.7 Å². The van der Waals surface area contributed by atoms with E-state index in [2.05, 4.69) is 10.3 Å². The fraction of sp³-hybridized carbons (Fsp3) is 0.625. The predicted molar refractivity (Wildman–Crippen MR) is 88.3 cm³/mol. The minimum absolute atomic E-state index is 0.221. The number of amides is 1. The normalized spacial score (nSPS) is 19.5. The molecule has 1 saturated heterocycles. The molecule has 1 amide bonds. The van der Waals surface area contributed by atoms with Crippen molar-refractivity contribution >= 4 is 23.4 Å². The Balaban J connectivity index is 1.87. The van der Waals surface area contributed by atoms with Gasteiger partial charge < -0.3 is 15.0 Å². The number of anilines is 1. The second-order valence-corrected chi connectivity index (χ2v) is 7.00. The number of carbonyl (C=O) groups excluding carboxylic acids is 1. The third-order valence-corrected chi connectivity index (χ3v) is 3.70. The van der Waals surface area contributed by atoms with Crippen LogP contribution in [0.4, 0.5) is 10.5 Å². The summed E-state index contributed by atoms with van der Waals surface area (Å²) in [5, 5.41) is 3.94. The van der Waals surface area contributed by atoms with Crippen LogP contribution in [0.3, 0.4) is 0 Å². The van der Waals surface area contributed by atoms with Crippen LogP contribution in [0.2, 0.25) is 5.15 Å². The maximum atomic E-state index is 12.1. The molecular weight excluding hydrogens is 302 g/mol. The van der Waals surface area contributed by atoms with Crippen molar-refractivity contribution in [3.63, 3.8) is 0 Å². The van der Waals surface area contributed by atoms with Gasteiger partial charge in [-0.1, -0.05) is 11.6 Å². The van der Waals surface area contributed by atoms with Gasteiger partial charge in [0.15, 0.2) is 0 Å². The van der Waals surface area contributed by atoms with Gasteiger partial charge in [0.05, 0.1) is 11.9 Å². The van der Waals surface area contributed by atoms with Crippen LogP contribution in [0.5, 0.6) is 0 Å². The first-order valence-electron chi connectivity index (χ1n) is 7.69. The molecule has 1 aromatic heterocycles.